The zero-order valence-electron chi connectivity index (χ0n) is 19.4. The molecule has 8 heteroatoms. The van der Waals surface area contributed by atoms with Gasteiger partial charge in [-0.25, -0.2) is 0 Å². The van der Waals surface area contributed by atoms with Gasteiger partial charge in [-0.1, -0.05) is 51.3 Å². The molecular weight excluding hydrogens is 541 g/mol. The molecule has 1 N–H and O–H groups in total. The molecule has 0 saturated heterocycles. The second kappa shape index (κ2) is 13.1. The van der Waals surface area contributed by atoms with Crippen LogP contribution in [0.25, 0.3) is 0 Å². The highest BCUT2D eigenvalue weighted by atomic mass is 79.9. The monoisotopic (exact) mass is 567 g/mol. The van der Waals surface area contributed by atoms with Crippen molar-refractivity contribution in [2.45, 2.75) is 26.5 Å². The van der Waals surface area contributed by atoms with Crippen molar-refractivity contribution in [2.75, 3.05) is 27.4 Å². The molecular formula is C26H28BrCl2NO4. The summed E-state index contributed by atoms with van der Waals surface area (Å²) in [6.07, 6.45) is 0.857. The number of halogens is 3. The largest absolute Gasteiger partial charge is 0.493 e. The molecule has 0 amide bonds. The Labute approximate surface area is 219 Å². The quantitative estimate of drug-likeness (QED) is 0.236. The van der Waals surface area contributed by atoms with Crippen molar-refractivity contribution in [3.05, 3.63) is 79.7 Å². The van der Waals surface area contributed by atoms with E-state index >= 15 is 0 Å². The molecule has 34 heavy (non-hydrogen) atoms. The fraction of sp³-hybridized carbons (Fsp3) is 0.308. The van der Waals surface area contributed by atoms with Gasteiger partial charge in [-0.05, 0) is 67.4 Å². The van der Waals surface area contributed by atoms with Crippen molar-refractivity contribution in [3.8, 4) is 23.0 Å². The summed E-state index contributed by atoms with van der Waals surface area (Å²) in [5, 5.41) is 4.62. The Morgan fingerprint density at radius 1 is 0.853 bits per heavy atom. The molecule has 5 nitrogen and oxygen atoms in total. The van der Waals surface area contributed by atoms with Gasteiger partial charge >= 0.3 is 0 Å². The molecule has 0 aromatic heterocycles. The molecule has 0 aliphatic carbocycles. The van der Waals surface area contributed by atoms with Crippen molar-refractivity contribution in [1.82, 2.24) is 5.32 Å². The molecule has 0 heterocycles. The second-order valence-corrected chi connectivity index (χ2v) is 9.10. The fourth-order valence-corrected chi connectivity index (χ4v) is 4.37. The van der Waals surface area contributed by atoms with Crippen LogP contribution in [0.5, 0.6) is 23.0 Å². The van der Waals surface area contributed by atoms with Crippen molar-refractivity contribution >= 4 is 39.1 Å². The Kier molecular flexibility index (Phi) is 10.2. The molecule has 0 bridgehead atoms. The van der Waals surface area contributed by atoms with Crippen LogP contribution in [-0.4, -0.2) is 27.4 Å². The van der Waals surface area contributed by atoms with Gasteiger partial charge in [-0.2, -0.15) is 0 Å². The van der Waals surface area contributed by atoms with Crippen LogP contribution in [0.15, 0.2) is 53.0 Å². The van der Waals surface area contributed by atoms with E-state index in [0.29, 0.717) is 34.7 Å². The van der Waals surface area contributed by atoms with Crippen molar-refractivity contribution in [1.29, 1.82) is 0 Å². The van der Waals surface area contributed by atoms with E-state index in [0.717, 1.165) is 40.1 Å². The summed E-state index contributed by atoms with van der Waals surface area (Å²) in [4.78, 5) is 0. The Morgan fingerprint density at radius 3 is 2.24 bits per heavy atom. The van der Waals surface area contributed by atoms with Gasteiger partial charge in [0.05, 0.1) is 20.8 Å². The number of methoxy groups -OCH3 is 2. The molecule has 0 radical (unpaired) electrons. The fourth-order valence-electron chi connectivity index (χ4n) is 3.41. The zero-order valence-corrected chi connectivity index (χ0v) is 22.5. The molecule has 0 fully saturated rings. The van der Waals surface area contributed by atoms with Crippen LogP contribution >= 0.6 is 39.1 Å². The molecule has 182 valence electrons. The summed E-state index contributed by atoms with van der Waals surface area (Å²) in [7, 11) is 3.28. The van der Waals surface area contributed by atoms with E-state index in [1.165, 1.54) is 5.56 Å². The van der Waals surface area contributed by atoms with Crippen LogP contribution in [0.2, 0.25) is 10.0 Å². The van der Waals surface area contributed by atoms with E-state index in [1.807, 2.05) is 43.3 Å². The first kappa shape index (κ1) is 26.5. The third-order valence-corrected chi connectivity index (χ3v) is 6.65. The standard InChI is InChI=1S/C26H28BrCl2NO4/c1-4-33-25-13-18(15-30-11-10-17-8-9-23(31-2)24(12-17)32-3)20(27)14-26(25)34-16-19-21(28)6-5-7-22(19)29/h5-9,12-14,30H,4,10-11,15-16H2,1-3H3. The molecule has 0 spiro atoms. The number of ether oxygens (including phenoxy) is 4. The van der Waals surface area contributed by atoms with Crippen LogP contribution in [0.4, 0.5) is 0 Å². The Bertz CT molecular complexity index is 1090. The first-order valence-electron chi connectivity index (χ1n) is 10.9. The molecule has 0 aliphatic rings. The summed E-state index contributed by atoms with van der Waals surface area (Å²) >= 11 is 16.2. The third kappa shape index (κ3) is 6.95. The SMILES string of the molecule is CCOc1cc(CNCCc2ccc(OC)c(OC)c2)c(Br)cc1OCc1c(Cl)cccc1Cl. The van der Waals surface area contributed by atoms with Gasteiger partial charge in [-0.15, -0.1) is 0 Å². The van der Waals surface area contributed by atoms with E-state index < -0.39 is 0 Å². The van der Waals surface area contributed by atoms with E-state index in [4.69, 9.17) is 42.1 Å². The van der Waals surface area contributed by atoms with Crippen LogP contribution in [0, 0.1) is 0 Å². The molecule has 3 rings (SSSR count). The van der Waals surface area contributed by atoms with Gasteiger partial charge in [0.2, 0.25) is 0 Å². The molecule has 0 atom stereocenters. The van der Waals surface area contributed by atoms with Gasteiger partial charge in [-0.3, -0.25) is 0 Å². The lowest BCUT2D eigenvalue weighted by molar-refractivity contribution is 0.269. The smallest absolute Gasteiger partial charge is 0.162 e. The van der Waals surface area contributed by atoms with Gasteiger partial charge in [0.1, 0.15) is 6.61 Å². The number of nitrogens with one attached hydrogen (secondary N) is 1. The van der Waals surface area contributed by atoms with Crippen molar-refractivity contribution in [3.63, 3.8) is 0 Å². The average Bonchev–Trinajstić information content (AvgIpc) is 2.83. The van der Waals surface area contributed by atoms with E-state index in [1.54, 1.807) is 26.4 Å². The number of hydrogen-bond acceptors (Lipinski definition) is 5. The highest BCUT2D eigenvalue weighted by Gasteiger charge is 2.13. The Balaban J connectivity index is 1.63. The minimum absolute atomic E-state index is 0.244. The van der Waals surface area contributed by atoms with Crippen LogP contribution < -0.4 is 24.3 Å². The van der Waals surface area contributed by atoms with Crippen molar-refractivity contribution < 1.29 is 18.9 Å². The normalized spacial score (nSPS) is 10.8. The lowest BCUT2D eigenvalue weighted by Gasteiger charge is -2.16. The first-order valence-corrected chi connectivity index (χ1v) is 12.4. The Hall–Kier alpha value is -2.12. The molecule has 0 aliphatic heterocycles. The highest BCUT2D eigenvalue weighted by molar-refractivity contribution is 9.10. The first-order chi connectivity index (χ1) is 16.5. The van der Waals surface area contributed by atoms with Crippen LogP contribution in [0.3, 0.4) is 0 Å². The average molecular weight is 569 g/mol. The van der Waals surface area contributed by atoms with E-state index in [9.17, 15) is 0 Å². The lowest BCUT2D eigenvalue weighted by atomic mass is 10.1. The van der Waals surface area contributed by atoms with Gasteiger partial charge in [0, 0.05) is 26.6 Å². The maximum absolute atomic E-state index is 6.27. The summed E-state index contributed by atoms with van der Waals surface area (Å²) in [5.41, 5.74) is 2.98. The maximum Gasteiger partial charge on any atom is 0.162 e. The second-order valence-electron chi connectivity index (χ2n) is 7.43. The van der Waals surface area contributed by atoms with Crippen LogP contribution in [0.1, 0.15) is 23.6 Å². The predicted octanol–water partition coefficient (Wildman–Crippen LogP) is 7.08. The molecule has 3 aromatic rings. The van der Waals surface area contributed by atoms with E-state index in [-0.39, 0.29) is 6.61 Å². The van der Waals surface area contributed by atoms with Gasteiger partial charge in [0.15, 0.2) is 23.0 Å². The minimum atomic E-state index is 0.244. The van der Waals surface area contributed by atoms with Crippen molar-refractivity contribution in [2.24, 2.45) is 0 Å². The summed E-state index contributed by atoms with van der Waals surface area (Å²) < 4.78 is 23.5. The summed E-state index contributed by atoms with van der Waals surface area (Å²) in [6.45, 7) is 4.18. The van der Waals surface area contributed by atoms with Gasteiger partial charge < -0.3 is 24.3 Å². The van der Waals surface area contributed by atoms with E-state index in [2.05, 4.69) is 21.2 Å². The molecule has 0 saturated carbocycles. The molecule has 0 unspecified atom stereocenters. The lowest BCUT2D eigenvalue weighted by Crippen LogP contribution is -2.17. The van der Waals surface area contributed by atoms with Gasteiger partial charge in [0.25, 0.3) is 0 Å². The number of rotatable bonds is 12. The summed E-state index contributed by atoms with van der Waals surface area (Å²) in [6, 6.07) is 15.3. The predicted molar refractivity (Wildman–Crippen MR) is 141 cm³/mol. The number of benzene rings is 3. The highest BCUT2D eigenvalue weighted by Crippen LogP contribution is 2.35. The number of hydrogen-bond donors (Lipinski definition) is 1. The molecule has 3 aromatic carbocycles. The third-order valence-electron chi connectivity index (χ3n) is 5.20. The topological polar surface area (TPSA) is 49.0 Å². The maximum atomic E-state index is 6.27. The zero-order chi connectivity index (χ0) is 24.5. The summed E-state index contributed by atoms with van der Waals surface area (Å²) in [5.74, 6) is 2.76. The minimum Gasteiger partial charge on any atom is -0.493 e. The van der Waals surface area contributed by atoms with Crippen LogP contribution in [-0.2, 0) is 19.6 Å². The Morgan fingerprint density at radius 2 is 1.56 bits per heavy atom.